The van der Waals surface area contributed by atoms with Crippen LogP contribution in [0.2, 0.25) is 0 Å². The van der Waals surface area contributed by atoms with Gasteiger partial charge in [-0.2, -0.15) is 0 Å². The van der Waals surface area contributed by atoms with Crippen molar-refractivity contribution in [2.75, 3.05) is 45.1 Å². The molecule has 2 rings (SSSR count). The van der Waals surface area contributed by atoms with Crippen LogP contribution in [0.15, 0.2) is 12.1 Å². The van der Waals surface area contributed by atoms with Crippen LogP contribution in [0.3, 0.4) is 0 Å². The second-order valence-electron chi connectivity index (χ2n) is 5.38. The minimum atomic E-state index is 0.0536. The van der Waals surface area contributed by atoms with Gasteiger partial charge in [-0.05, 0) is 31.0 Å². The highest BCUT2D eigenvalue weighted by atomic mass is 16.3. The number of amides is 1. The predicted octanol–water partition coefficient (Wildman–Crippen LogP) is 0.636. The molecule has 3 N–H and O–H groups in total. The zero-order chi connectivity index (χ0) is 14.7. The van der Waals surface area contributed by atoms with E-state index in [0.717, 1.165) is 24.2 Å². The van der Waals surface area contributed by atoms with E-state index in [2.05, 4.69) is 4.90 Å². The number of aliphatic hydroxyl groups is 1. The molecule has 110 valence electrons. The van der Waals surface area contributed by atoms with Gasteiger partial charge in [0.1, 0.15) is 0 Å². The molecule has 0 spiro atoms. The van der Waals surface area contributed by atoms with Crippen molar-refractivity contribution in [3.63, 3.8) is 0 Å². The lowest BCUT2D eigenvalue weighted by atomic mass is 10.0. The molecular weight excluding hydrogens is 254 g/mol. The minimum absolute atomic E-state index is 0.0536. The normalized spacial score (nSPS) is 16.4. The van der Waals surface area contributed by atoms with Gasteiger partial charge < -0.3 is 15.7 Å². The summed E-state index contributed by atoms with van der Waals surface area (Å²) < 4.78 is 0. The number of nitrogens with two attached hydrogens (primary N) is 1. The molecule has 0 aliphatic carbocycles. The average Bonchev–Trinajstić information content (AvgIpc) is 2.43. The van der Waals surface area contributed by atoms with E-state index >= 15 is 0 Å². The summed E-state index contributed by atoms with van der Waals surface area (Å²) in [6.07, 6.45) is 0. The Morgan fingerprint density at radius 1 is 1.20 bits per heavy atom. The van der Waals surface area contributed by atoms with Crippen molar-refractivity contribution in [1.82, 2.24) is 9.80 Å². The highest BCUT2D eigenvalue weighted by Crippen LogP contribution is 2.20. The summed E-state index contributed by atoms with van der Waals surface area (Å²) >= 11 is 0. The minimum Gasteiger partial charge on any atom is -0.398 e. The second-order valence-corrected chi connectivity index (χ2v) is 5.38. The molecule has 0 bridgehead atoms. The zero-order valence-electron chi connectivity index (χ0n) is 12.2. The number of hydrogen-bond acceptors (Lipinski definition) is 4. The molecule has 0 atom stereocenters. The third-order valence-electron chi connectivity index (χ3n) is 3.92. The molecule has 5 heteroatoms. The van der Waals surface area contributed by atoms with Gasteiger partial charge in [-0.1, -0.05) is 6.07 Å². The Kier molecular flexibility index (Phi) is 4.62. The van der Waals surface area contributed by atoms with Crippen molar-refractivity contribution in [1.29, 1.82) is 0 Å². The third-order valence-corrected chi connectivity index (χ3v) is 3.92. The fourth-order valence-corrected chi connectivity index (χ4v) is 2.59. The molecule has 5 nitrogen and oxygen atoms in total. The third kappa shape index (κ3) is 3.11. The summed E-state index contributed by atoms with van der Waals surface area (Å²) in [5.74, 6) is 0.0536. The number of β-amino-alcohol motifs (C(OH)–C–C–N with tert-alkyl or cyclic N) is 1. The van der Waals surface area contributed by atoms with Gasteiger partial charge in [0.15, 0.2) is 0 Å². The monoisotopic (exact) mass is 277 g/mol. The lowest BCUT2D eigenvalue weighted by Gasteiger charge is -2.34. The van der Waals surface area contributed by atoms with Crippen LogP contribution in [0, 0.1) is 13.8 Å². The summed E-state index contributed by atoms with van der Waals surface area (Å²) in [7, 11) is 0. The molecule has 1 aromatic rings. The van der Waals surface area contributed by atoms with E-state index in [1.54, 1.807) is 6.07 Å². The molecule has 0 unspecified atom stereocenters. The van der Waals surface area contributed by atoms with Gasteiger partial charge in [-0.3, -0.25) is 9.69 Å². The van der Waals surface area contributed by atoms with E-state index in [1.165, 1.54) is 0 Å². The topological polar surface area (TPSA) is 69.8 Å². The molecule has 1 saturated heterocycles. The van der Waals surface area contributed by atoms with Crippen molar-refractivity contribution in [3.8, 4) is 0 Å². The highest BCUT2D eigenvalue weighted by molar-refractivity contribution is 5.96. The number of nitrogen functional groups attached to an aromatic ring is 1. The molecule has 1 fully saturated rings. The Labute approximate surface area is 120 Å². The van der Waals surface area contributed by atoms with E-state index in [1.807, 2.05) is 24.8 Å². The molecule has 0 radical (unpaired) electrons. The lowest BCUT2D eigenvalue weighted by Crippen LogP contribution is -2.49. The van der Waals surface area contributed by atoms with Crippen LogP contribution in [0.5, 0.6) is 0 Å². The first-order chi connectivity index (χ1) is 9.52. The maximum Gasteiger partial charge on any atom is 0.254 e. The van der Waals surface area contributed by atoms with Crippen LogP contribution in [0.4, 0.5) is 5.69 Å². The number of hydrogen-bond donors (Lipinski definition) is 2. The fourth-order valence-electron chi connectivity index (χ4n) is 2.59. The fraction of sp³-hybridized carbons (Fsp3) is 0.533. The Morgan fingerprint density at radius 2 is 1.85 bits per heavy atom. The maximum atomic E-state index is 12.6. The van der Waals surface area contributed by atoms with Crippen LogP contribution in [0.25, 0.3) is 0 Å². The number of piperazine rings is 1. The molecule has 1 amide bonds. The molecule has 0 aromatic heterocycles. The van der Waals surface area contributed by atoms with E-state index in [9.17, 15) is 4.79 Å². The number of aliphatic hydroxyl groups excluding tert-OH is 1. The first-order valence-electron chi connectivity index (χ1n) is 7.02. The van der Waals surface area contributed by atoms with Crippen molar-refractivity contribution < 1.29 is 9.90 Å². The number of nitrogens with zero attached hydrogens (tertiary/aromatic N) is 2. The zero-order valence-corrected chi connectivity index (χ0v) is 12.2. The number of rotatable bonds is 3. The quantitative estimate of drug-likeness (QED) is 0.795. The Bertz CT molecular complexity index is 494. The predicted molar refractivity (Wildman–Crippen MR) is 79.8 cm³/mol. The summed E-state index contributed by atoms with van der Waals surface area (Å²) in [6, 6.07) is 3.75. The van der Waals surface area contributed by atoms with Crippen molar-refractivity contribution >= 4 is 11.6 Å². The molecular formula is C15H23N3O2. The summed E-state index contributed by atoms with van der Waals surface area (Å²) in [5.41, 5.74) is 9.25. The number of aryl methyl sites for hydroxylation is 2. The van der Waals surface area contributed by atoms with E-state index < -0.39 is 0 Å². The van der Waals surface area contributed by atoms with Crippen LogP contribution in [-0.2, 0) is 0 Å². The maximum absolute atomic E-state index is 12.6. The second kappa shape index (κ2) is 6.24. The van der Waals surface area contributed by atoms with Gasteiger partial charge in [0, 0.05) is 44.0 Å². The van der Waals surface area contributed by atoms with Crippen molar-refractivity contribution in [2.45, 2.75) is 13.8 Å². The van der Waals surface area contributed by atoms with Gasteiger partial charge in [0.25, 0.3) is 5.91 Å². The van der Waals surface area contributed by atoms with Gasteiger partial charge in [0.2, 0.25) is 0 Å². The van der Waals surface area contributed by atoms with E-state index in [0.29, 0.717) is 30.9 Å². The summed E-state index contributed by atoms with van der Waals surface area (Å²) in [5, 5.41) is 8.93. The standard InChI is InChI=1S/C15H23N3O2/c1-11-9-12(2)14(16)10-13(11)15(20)18-5-3-17(4-6-18)7-8-19/h9-10,19H,3-8,16H2,1-2H3. The largest absolute Gasteiger partial charge is 0.398 e. The van der Waals surface area contributed by atoms with Gasteiger partial charge >= 0.3 is 0 Å². The van der Waals surface area contributed by atoms with Gasteiger partial charge in [-0.15, -0.1) is 0 Å². The highest BCUT2D eigenvalue weighted by Gasteiger charge is 2.23. The SMILES string of the molecule is Cc1cc(C)c(C(=O)N2CCN(CCO)CC2)cc1N. The Balaban J connectivity index is 2.07. The van der Waals surface area contributed by atoms with Crippen LogP contribution < -0.4 is 5.73 Å². The first kappa shape index (κ1) is 14.8. The smallest absolute Gasteiger partial charge is 0.254 e. The Morgan fingerprint density at radius 3 is 2.45 bits per heavy atom. The molecule has 1 aliphatic rings. The lowest BCUT2D eigenvalue weighted by molar-refractivity contribution is 0.0614. The van der Waals surface area contributed by atoms with E-state index in [4.69, 9.17) is 10.8 Å². The molecule has 1 heterocycles. The van der Waals surface area contributed by atoms with Crippen LogP contribution in [-0.4, -0.2) is 60.1 Å². The molecule has 0 saturated carbocycles. The summed E-state index contributed by atoms with van der Waals surface area (Å²) in [6.45, 7) is 7.77. The Hall–Kier alpha value is -1.59. The molecule has 1 aliphatic heterocycles. The van der Waals surface area contributed by atoms with Gasteiger partial charge in [-0.25, -0.2) is 0 Å². The number of carbonyl (C=O) groups excluding carboxylic acids is 1. The van der Waals surface area contributed by atoms with Crippen molar-refractivity contribution in [2.24, 2.45) is 0 Å². The summed E-state index contributed by atoms with van der Waals surface area (Å²) in [4.78, 5) is 16.6. The number of carbonyl (C=O) groups is 1. The van der Waals surface area contributed by atoms with E-state index in [-0.39, 0.29) is 12.5 Å². The average molecular weight is 277 g/mol. The van der Waals surface area contributed by atoms with Crippen LogP contribution in [0.1, 0.15) is 21.5 Å². The van der Waals surface area contributed by atoms with Crippen molar-refractivity contribution in [3.05, 3.63) is 28.8 Å². The van der Waals surface area contributed by atoms with Gasteiger partial charge in [0.05, 0.1) is 6.61 Å². The molecule has 20 heavy (non-hydrogen) atoms. The first-order valence-corrected chi connectivity index (χ1v) is 7.02. The number of anilines is 1. The molecule has 1 aromatic carbocycles. The van der Waals surface area contributed by atoms with Crippen LogP contribution >= 0.6 is 0 Å². The number of benzene rings is 1.